The molecule has 1 aromatic carbocycles. The fourth-order valence-corrected chi connectivity index (χ4v) is 4.89. The lowest BCUT2D eigenvalue weighted by atomic mass is 10.0. The van der Waals surface area contributed by atoms with E-state index in [2.05, 4.69) is 5.32 Å². The normalized spacial score (nSPS) is 22.7. The zero-order valence-corrected chi connectivity index (χ0v) is 15.8. The average molecular weight is 388 g/mol. The molecule has 2 aliphatic rings. The second-order valence-corrected chi connectivity index (χ2v) is 8.58. The third-order valence-electron chi connectivity index (χ3n) is 4.85. The molecule has 1 amide bonds. The number of nitrogens with one attached hydrogen (secondary N) is 1. The molecule has 1 heterocycles. The summed E-state index contributed by atoms with van der Waals surface area (Å²) in [5, 5.41) is 2.86. The Morgan fingerprint density at radius 1 is 1.20 bits per heavy atom. The van der Waals surface area contributed by atoms with Crippen molar-refractivity contribution in [3.63, 3.8) is 0 Å². The van der Waals surface area contributed by atoms with E-state index < -0.39 is 16.1 Å². The number of sulfonamides is 1. The zero-order valence-electron chi connectivity index (χ0n) is 14.1. The van der Waals surface area contributed by atoms with Crippen molar-refractivity contribution in [2.75, 3.05) is 13.1 Å². The molecule has 25 heavy (non-hydrogen) atoms. The van der Waals surface area contributed by atoms with Gasteiger partial charge in [0.2, 0.25) is 15.9 Å². The van der Waals surface area contributed by atoms with Gasteiger partial charge >= 0.3 is 0 Å². The Hall–Kier alpha value is -1.15. The van der Waals surface area contributed by atoms with Gasteiger partial charge in [0, 0.05) is 19.1 Å². The van der Waals surface area contributed by atoms with Gasteiger partial charge in [-0.3, -0.25) is 4.79 Å². The van der Waals surface area contributed by atoms with Gasteiger partial charge in [-0.05, 0) is 43.7 Å². The largest absolute Gasteiger partial charge is 0.353 e. The summed E-state index contributed by atoms with van der Waals surface area (Å²) in [5.74, 6) is 0.270. The third kappa shape index (κ3) is 4.73. The highest BCUT2D eigenvalue weighted by molar-refractivity contribution is 7.89. The number of nitrogens with two attached hydrogens (primary N) is 1. The van der Waals surface area contributed by atoms with E-state index in [1.807, 2.05) is 0 Å². The molecule has 0 aromatic heterocycles. The van der Waals surface area contributed by atoms with Crippen LogP contribution in [0.2, 0.25) is 0 Å². The molecule has 3 N–H and O–H groups in total. The minimum Gasteiger partial charge on any atom is -0.353 e. The van der Waals surface area contributed by atoms with Gasteiger partial charge in [-0.1, -0.05) is 24.6 Å². The number of carbonyl (C=O) groups excluding carboxylic acids is 1. The number of halogens is 1. The van der Waals surface area contributed by atoms with Gasteiger partial charge < -0.3 is 11.1 Å². The number of hydrogen-bond acceptors (Lipinski definition) is 4. The van der Waals surface area contributed by atoms with Gasteiger partial charge in [-0.2, -0.15) is 4.31 Å². The van der Waals surface area contributed by atoms with Crippen LogP contribution in [0.15, 0.2) is 35.2 Å². The lowest BCUT2D eigenvalue weighted by molar-refractivity contribution is -0.125. The average Bonchev–Trinajstić information content (AvgIpc) is 3.45. The van der Waals surface area contributed by atoms with Crippen molar-refractivity contribution in [2.45, 2.75) is 49.1 Å². The molecule has 0 bridgehead atoms. The minimum absolute atomic E-state index is 0. The second-order valence-electron chi connectivity index (χ2n) is 6.69. The number of amides is 1. The molecular weight excluding hydrogens is 362 g/mol. The predicted octanol–water partition coefficient (Wildman–Crippen LogP) is 1.51. The highest BCUT2D eigenvalue weighted by atomic mass is 35.5. The summed E-state index contributed by atoms with van der Waals surface area (Å²) in [5.41, 5.74) is 6.02. The van der Waals surface area contributed by atoms with Crippen LogP contribution in [0, 0.1) is 5.92 Å². The van der Waals surface area contributed by atoms with Crippen LogP contribution in [0.1, 0.15) is 32.1 Å². The van der Waals surface area contributed by atoms with E-state index in [-0.39, 0.29) is 29.3 Å². The summed E-state index contributed by atoms with van der Waals surface area (Å²) >= 11 is 0. The van der Waals surface area contributed by atoms with Gasteiger partial charge in [0.1, 0.15) is 6.04 Å². The van der Waals surface area contributed by atoms with Crippen molar-refractivity contribution >= 4 is 28.3 Å². The molecule has 6 nitrogen and oxygen atoms in total. The van der Waals surface area contributed by atoms with Gasteiger partial charge in [-0.25, -0.2) is 8.42 Å². The fourth-order valence-electron chi connectivity index (χ4n) is 3.21. The van der Waals surface area contributed by atoms with E-state index in [9.17, 15) is 13.2 Å². The summed E-state index contributed by atoms with van der Waals surface area (Å²) in [6, 6.07) is 7.64. The first-order valence-electron chi connectivity index (χ1n) is 8.60. The van der Waals surface area contributed by atoms with Gasteiger partial charge in [0.25, 0.3) is 0 Å². The lowest BCUT2D eigenvalue weighted by Gasteiger charge is -2.33. The Morgan fingerprint density at radius 2 is 1.88 bits per heavy atom. The van der Waals surface area contributed by atoms with E-state index >= 15 is 0 Å². The molecule has 2 unspecified atom stereocenters. The Morgan fingerprint density at radius 3 is 2.52 bits per heavy atom. The van der Waals surface area contributed by atoms with E-state index in [0.717, 1.165) is 25.7 Å². The van der Waals surface area contributed by atoms with Crippen LogP contribution >= 0.6 is 12.4 Å². The first kappa shape index (κ1) is 20.2. The van der Waals surface area contributed by atoms with Crippen LogP contribution in [0.4, 0.5) is 0 Å². The molecule has 0 spiro atoms. The number of nitrogens with zero attached hydrogens (tertiary/aromatic N) is 1. The summed E-state index contributed by atoms with van der Waals surface area (Å²) in [6.45, 7) is 0.795. The summed E-state index contributed by atoms with van der Waals surface area (Å²) in [4.78, 5) is 12.8. The van der Waals surface area contributed by atoms with Crippen LogP contribution in [0.3, 0.4) is 0 Å². The molecular formula is C17H26ClN3O3S. The molecule has 1 aliphatic heterocycles. The molecule has 3 rings (SSSR count). The fraction of sp³-hybridized carbons (Fsp3) is 0.588. The second kappa shape index (κ2) is 8.49. The number of piperidine rings is 1. The lowest BCUT2D eigenvalue weighted by Crippen LogP contribution is -2.53. The van der Waals surface area contributed by atoms with E-state index in [0.29, 0.717) is 25.4 Å². The van der Waals surface area contributed by atoms with Crippen LogP contribution < -0.4 is 11.1 Å². The van der Waals surface area contributed by atoms with Crippen molar-refractivity contribution in [1.82, 2.24) is 9.62 Å². The molecule has 0 radical (unpaired) electrons. The topological polar surface area (TPSA) is 92.5 Å². The molecule has 1 saturated heterocycles. The van der Waals surface area contributed by atoms with Crippen LogP contribution in [-0.4, -0.2) is 43.8 Å². The molecule has 2 atom stereocenters. The van der Waals surface area contributed by atoms with Gasteiger partial charge in [0.15, 0.2) is 0 Å². The number of rotatable bonds is 6. The maximum Gasteiger partial charge on any atom is 0.243 e. The number of benzene rings is 1. The first-order valence-corrected chi connectivity index (χ1v) is 10.0. The standard InChI is InChI=1S/C17H25N3O3S.ClH/c18-15(13-9-10-13)12-19-17(21)16-8-4-5-11-20(16)24(22,23)14-6-2-1-3-7-14;/h1-3,6-7,13,15-16H,4-5,8-12,18H2,(H,19,21);1H. The summed E-state index contributed by atoms with van der Waals surface area (Å²) in [6.07, 6.45) is 4.42. The third-order valence-corrected chi connectivity index (χ3v) is 6.77. The molecule has 1 aliphatic carbocycles. The quantitative estimate of drug-likeness (QED) is 0.773. The monoisotopic (exact) mass is 387 g/mol. The van der Waals surface area contributed by atoms with Crippen molar-refractivity contribution < 1.29 is 13.2 Å². The van der Waals surface area contributed by atoms with Crippen molar-refractivity contribution in [2.24, 2.45) is 11.7 Å². The predicted molar refractivity (Wildman–Crippen MR) is 98.9 cm³/mol. The molecule has 1 aromatic rings. The molecule has 2 fully saturated rings. The molecule has 1 saturated carbocycles. The Balaban J connectivity index is 0.00000225. The van der Waals surface area contributed by atoms with Crippen LogP contribution in [0.25, 0.3) is 0 Å². The van der Waals surface area contributed by atoms with Crippen molar-refractivity contribution in [3.05, 3.63) is 30.3 Å². The highest BCUT2D eigenvalue weighted by Gasteiger charge is 2.38. The smallest absolute Gasteiger partial charge is 0.243 e. The van der Waals surface area contributed by atoms with Crippen molar-refractivity contribution in [1.29, 1.82) is 0 Å². The maximum atomic E-state index is 12.9. The van der Waals surface area contributed by atoms with Crippen LogP contribution in [-0.2, 0) is 14.8 Å². The van der Waals surface area contributed by atoms with Gasteiger partial charge in [0.05, 0.1) is 4.90 Å². The van der Waals surface area contributed by atoms with Gasteiger partial charge in [-0.15, -0.1) is 12.4 Å². The summed E-state index contributed by atoms with van der Waals surface area (Å²) < 4.78 is 27.1. The van der Waals surface area contributed by atoms with E-state index in [4.69, 9.17) is 5.73 Å². The zero-order chi connectivity index (χ0) is 17.2. The van der Waals surface area contributed by atoms with E-state index in [1.54, 1.807) is 30.3 Å². The first-order chi connectivity index (χ1) is 11.5. The number of hydrogen-bond donors (Lipinski definition) is 2. The van der Waals surface area contributed by atoms with Crippen molar-refractivity contribution in [3.8, 4) is 0 Å². The summed E-state index contributed by atoms with van der Waals surface area (Å²) in [7, 11) is -3.66. The van der Waals surface area contributed by atoms with Crippen LogP contribution in [0.5, 0.6) is 0 Å². The van der Waals surface area contributed by atoms with E-state index in [1.165, 1.54) is 4.31 Å². The minimum atomic E-state index is -3.66. The Bertz CT molecular complexity index is 680. The highest BCUT2D eigenvalue weighted by Crippen LogP contribution is 2.31. The molecule has 140 valence electrons. The molecule has 8 heteroatoms. The Kier molecular flexibility index (Phi) is 6.85. The number of carbonyl (C=O) groups is 1. The Labute approximate surface area is 155 Å². The maximum absolute atomic E-state index is 12.9. The SMILES string of the molecule is Cl.NC(CNC(=O)C1CCCCN1S(=O)(=O)c1ccccc1)C1CC1.